The van der Waals surface area contributed by atoms with E-state index in [9.17, 15) is 4.79 Å². The second kappa shape index (κ2) is 7.56. The third-order valence-corrected chi connectivity index (χ3v) is 5.13. The molecule has 3 heterocycles. The predicted molar refractivity (Wildman–Crippen MR) is 117 cm³/mol. The van der Waals surface area contributed by atoms with E-state index in [-0.39, 0.29) is 5.56 Å². The summed E-state index contributed by atoms with van der Waals surface area (Å²) in [5.74, 6) is 1.56. The van der Waals surface area contributed by atoms with Crippen LogP contribution in [0.1, 0.15) is 11.4 Å². The van der Waals surface area contributed by atoms with Gasteiger partial charge in [-0.15, -0.1) is 0 Å². The number of rotatable bonds is 5. The van der Waals surface area contributed by atoms with Gasteiger partial charge in [0.1, 0.15) is 5.82 Å². The van der Waals surface area contributed by atoms with Crippen molar-refractivity contribution in [3.63, 3.8) is 0 Å². The molecule has 8 nitrogen and oxygen atoms in total. The molecule has 0 amide bonds. The zero-order valence-electron chi connectivity index (χ0n) is 17.0. The van der Waals surface area contributed by atoms with Crippen molar-refractivity contribution in [2.45, 2.75) is 6.42 Å². The number of fused-ring (bicyclic) bond motifs is 2. The Morgan fingerprint density at radius 2 is 1.90 bits per heavy atom. The molecular weight excluding hydrogens is 394 g/mol. The van der Waals surface area contributed by atoms with Crippen LogP contribution in [0.3, 0.4) is 0 Å². The Balaban J connectivity index is 1.54. The topological polar surface area (TPSA) is 94.9 Å². The highest BCUT2D eigenvalue weighted by Crippen LogP contribution is 2.30. The van der Waals surface area contributed by atoms with Crippen molar-refractivity contribution in [2.75, 3.05) is 14.2 Å². The lowest BCUT2D eigenvalue weighted by atomic mass is 10.1. The molecule has 31 heavy (non-hydrogen) atoms. The number of pyridine rings is 1. The molecule has 5 aromatic rings. The summed E-state index contributed by atoms with van der Waals surface area (Å²) in [6.07, 6.45) is 5.86. The van der Waals surface area contributed by atoms with Gasteiger partial charge in [-0.25, -0.2) is 9.67 Å². The van der Waals surface area contributed by atoms with E-state index < -0.39 is 0 Å². The van der Waals surface area contributed by atoms with Crippen LogP contribution >= 0.6 is 0 Å². The number of para-hydroxylation sites is 1. The van der Waals surface area contributed by atoms with Crippen LogP contribution in [-0.4, -0.2) is 39.0 Å². The fourth-order valence-electron chi connectivity index (χ4n) is 3.67. The van der Waals surface area contributed by atoms with Gasteiger partial charge in [0.25, 0.3) is 5.56 Å². The lowest BCUT2D eigenvalue weighted by Crippen LogP contribution is -2.12. The quantitative estimate of drug-likeness (QED) is 0.475. The molecule has 154 valence electrons. The number of nitrogens with one attached hydrogen (secondary N) is 1. The largest absolute Gasteiger partial charge is 0.493 e. The Hall–Kier alpha value is -4.20. The summed E-state index contributed by atoms with van der Waals surface area (Å²) in [6.45, 7) is 0. The Morgan fingerprint density at radius 3 is 2.68 bits per heavy atom. The van der Waals surface area contributed by atoms with Crippen LogP contribution < -0.4 is 15.0 Å². The minimum atomic E-state index is -0.226. The first-order chi connectivity index (χ1) is 15.2. The summed E-state index contributed by atoms with van der Waals surface area (Å²) in [7, 11) is 3.08. The van der Waals surface area contributed by atoms with Crippen molar-refractivity contribution in [1.29, 1.82) is 0 Å². The second-order valence-corrected chi connectivity index (χ2v) is 7.06. The molecule has 1 N–H and O–H groups in total. The van der Waals surface area contributed by atoms with E-state index in [1.165, 1.54) is 7.11 Å². The molecule has 0 aliphatic carbocycles. The van der Waals surface area contributed by atoms with Gasteiger partial charge in [0.2, 0.25) is 0 Å². The Labute approximate surface area is 177 Å². The smallest absolute Gasteiger partial charge is 0.258 e. The molecule has 0 aliphatic heterocycles. The van der Waals surface area contributed by atoms with Gasteiger partial charge in [0.05, 0.1) is 36.3 Å². The summed E-state index contributed by atoms with van der Waals surface area (Å²) < 4.78 is 12.4. The fraction of sp³-hybridized carbons (Fsp3) is 0.130. The maximum absolute atomic E-state index is 12.6. The zero-order valence-corrected chi connectivity index (χ0v) is 17.0. The van der Waals surface area contributed by atoms with Crippen LogP contribution in [0, 0.1) is 0 Å². The molecule has 0 radical (unpaired) electrons. The predicted octanol–water partition coefficient (Wildman–Crippen LogP) is 3.27. The highest BCUT2D eigenvalue weighted by Gasteiger charge is 2.12. The number of benzene rings is 2. The summed E-state index contributed by atoms with van der Waals surface area (Å²) in [6, 6.07) is 13.2. The molecule has 0 saturated heterocycles. The zero-order chi connectivity index (χ0) is 21.4. The van der Waals surface area contributed by atoms with Gasteiger partial charge < -0.3 is 14.5 Å². The van der Waals surface area contributed by atoms with E-state index >= 15 is 0 Å². The normalized spacial score (nSPS) is 11.2. The number of ether oxygens (including phenoxy) is 2. The number of methoxy groups -OCH3 is 2. The highest BCUT2D eigenvalue weighted by molar-refractivity contribution is 5.86. The fourth-order valence-corrected chi connectivity index (χ4v) is 3.67. The standard InChI is InChI=1S/C23H19N5O3/c1-30-19-11-16-17(12-20(19)31-2)26-21(27-23(16)29)10-14-9-15-5-3-6-18(22(15)24-13-14)28-8-4-7-25-28/h3-9,11-13H,10H2,1-2H3,(H,26,27,29). The minimum absolute atomic E-state index is 0.226. The third kappa shape index (κ3) is 3.38. The number of hydrogen-bond acceptors (Lipinski definition) is 6. The van der Waals surface area contributed by atoms with Crippen LogP contribution in [0.5, 0.6) is 11.5 Å². The highest BCUT2D eigenvalue weighted by atomic mass is 16.5. The molecule has 5 rings (SSSR count). The van der Waals surface area contributed by atoms with Crippen molar-refractivity contribution in [2.24, 2.45) is 0 Å². The molecule has 0 fully saturated rings. The monoisotopic (exact) mass is 413 g/mol. The molecule has 2 aromatic carbocycles. The number of H-pyrrole nitrogens is 1. The molecule has 0 bridgehead atoms. The molecular formula is C23H19N5O3. The van der Waals surface area contributed by atoms with Gasteiger partial charge in [0, 0.05) is 36.5 Å². The van der Waals surface area contributed by atoms with Crippen molar-refractivity contribution in [3.8, 4) is 17.2 Å². The molecule has 0 spiro atoms. The van der Waals surface area contributed by atoms with Crippen molar-refractivity contribution >= 4 is 21.8 Å². The van der Waals surface area contributed by atoms with Crippen molar-refractivity contribution in [3.05, 3.63) is 82.8 Å². The Bertz CT molecular complexity index is 1460. The number of nitrogens with zero attached hydrogens (tertiary/aromatic N) is 4. The summed E-state index contributed by atoms with van der Waals surface area (Å²) in [5.41, 5.74) is 3.02. The van der Waals surface area contributed by atoms with E-state index in [1.807, 2.05) is 36.5 Å². The van der Waals surface area contributed by atoms with Gasteiger partial charge in [-0.1, -0.05) is 12.1 Å². The number of aromatic nitrogens is 5. The summed E-state index contributed by atoms with van der Waals surface area (Å²) in [4.78, 5) is 24.8. The van der Waals surface area contributed by atoms with Gasteiger partial charge in [0.15, 0.2) is 11.5 Å². The van der Waals surface area contributed by atoms with Gasteiger partial charge >= 0.3 is 0 Å². The van der Waals surface area contributed by atoms with E-state index in [4.69, 9.17) is 9.47 Å². The minimum Gasteiger partial charge on any atom is -0.493 e. The lowest BCUT2D eigenvalue weighted by Gasteiger charge is -2.10. The maximum atomic E-state index is 12.6. The van der Waals surface area contributed by atoms with Crippen LogP contribution in [0.2, 0.25) is 0 Å². The molecule has 0 atom stereocenters. The molecule has 3 aromatic heterocycles. The lowest BCUT2D eigenvalue weighted by molar-refractivity contribution is 0.355. The Kier molecular flexibility index (Phi) is 4.59. The van der Waals surface area contributed by atoms with E-state index in [0.29, 0.717) is 34.6 Å². The number of hydrogen-bond donors (Lipinski definition) is 1. The van der Waals surface area contributed by atoms with E-state index in [0.717, 1.165) is 22.2 Å². The summed E-state index contributed by atoms with van der Waals surface area (Å²) in [5, 5.41) is 5.73. The Morgan fingerprint density at radius 1 is 1.06 bits per heavy atom. The first kappa shape index (κ1) is 18.8. The van der Waals surface area contributed by atoms with E-state index in [2.05, 4.69) is 20.1 Å². The average molecular weight is 413 g/mol. The molecule has 0 saturated carbocycles. The molecule has 8 heteroatoms. The first-order valence-corrected chi connectivity index (χ1v) is 9.69. The molecule has 0 aliphatic rings. The number of aromatic amines is 1. The van der Waals surface area contributed by atoms with Gasteiger partial charge in [-0.05, 0) is 29.8 Å². The van der Waals surface area contributed by atoms with Gasteiger partial charge in [-0.3, -0.25) is 9.78 Å². The third-order valence-electron chi connectivity index (χ3n) is 5.13. The average Bonchev–Trinajstić information content (AvgIpc) is 3.32. The van der Waals surface area contributed by atoms with Gasteiger partial charge in [-0.2, -0.15) is 5.10 Å². The second-order valence-electron chi connectivity index (χ2n) is 7.06. The van der Waals surface area contributed by atoms with Crippen LogP contribution in [0.15, 0.2) is 65.8 Å². The maximum Gasteiger partial charge on any atom is 0.258 e. The van der Waals surface area contributed by atoms with Crippen molar-refractivity contribution < 1.29 is 9.47 Å². The van der Waals surface area contributed by atoms with Crippen LogP contribution in [0.25, 0.3) is 27.5 Å². The summed E-state index contributed by atoms with van der Waals surface area (Å²) >= 11 is 0. The first-order valence-electron chi connectivity index (χ1n) is 9.69. The van der Waals surface area contributed by atoms with E-state index in [1.54, 1.807) is 36.3 Å². The van der Waals surface area contributed by atoms with Crippen molar-refractivity contribution in [1.82, 2.24) is 24.7 Å². The SMILES string of the molecule is COc1cc2nc(Cc3cnc4c(-n5cccn5)cccc4c3)[nH]c(=O)c2cc1OC. The van der Waals surface area contributed by atoms with Crippen LogP contribution in [0.4, 0.5) is 0 Å². The van der Waals surface area contributed by atoms with Crippen LogP contribution in [-0.2, 0) is 6.42 Å². The molecule has 0 unspecified atom stereocenters.